The number of furan rings is 1. The average molecular weight is 579 g/mol. The van der Waals surface area contributed by atoms with Gasteiger partial charge in [0, 0.05) is 16.3 Å². The molecular weight excluding hydrogens is 556 g/mol. The van der Waals surface area contributed by atoms with Gasteiger partial charge >= 0.3 is 0 Å². The minimum Gasteiger partial charge on any atom is -0.496 e. The maximum atomic E-state index is 13.6. The zero-order chi connectivity index (χ0) is 29.1. The van der Waals surface area contributed by atoms with Crippen molar-refractivity contribution in [1.82, 2.24) is 9.66 Å². The molecule has 0 bridgehead atoms. The van der Waals surface area contributed by atoms with Crippen molar-refractivity contribution < 1.29 is 18.7 Å². The summed E-state index contributed by atoms with van der Waals surface area (Å²) in [5.41, 5.74) is 1.86. The molecule has 0 radical (unpaired) electrons. The van der Waals surface area contributed by atoms with Crippen molar-refractivity contribution in [1.29, 1.82) is 0 Å². The second-order valence-electron chi connectivity index (χ2n) is 9.18. The molecule has 208 valence electrons. The maximum absolute atomic E-state index is 13.6. The van der Waals surface area contributed by atoms with Crippen molar-refractivity contribution in [3.05, 3.63) is 118 Å². The van der Waals surface area contributed by atoms with Gasteiger partial charge in [-0.2, -0.15) is 9.78 Å². The summed E-state index contributed by atoms with van der Waals surface area (Å²) in [6, 6.07) is 28.1. The number of nitrogens with zero attached hydrogens (tertiary/aromatic N) is 3. The predicted molar refractivity (Wildman–Crippen MR) is 163 cm³/mol. The molecule has 6 aromatic rings. The van der Waals surface area contributed by atoms with Gasteiger partial charge in [-0.3, -0.25) is 9.59 Å². The lowest BCUT2D eigenvalue weighted by atomic mass is 10.2. The normalized spacial score (nSPS) is 11.3. The van der Waals surface area contributed by atoms with E-state index in [9.17, 15) is 9.59 Å². The number of hydrogen-bond acceptors (Lipinski definition) is 7. The van der Waals surface area contributed by atoms with Crippen LogP contribution in [0.1, 0.15) is 5.56 Å². The third kappa shape index (κ3) is 5.45. The molecule has 0 spiro atoms. The predicted octanol–water partition coefficient (Wildman–Crippen LogP) is 6.37. The van der Waals surface area contributed by atoms with E-state index in [-0.39, 0.29) is 23.9 Å². The SMILES string of the molecule is COc1cccc2oc(-c3nc4ccccc4c(=O)n3N=Cc3ccccc3OCC(=O)Nc3ccc(Cl)cc3)cc12. The van der Waals surface area contributed by atoms with Crippen LogP contribution in [0.2, 0.25) is 5.02 Å². The Labute approximate surface area is 244 Å². The van der Waals surface area contributed by atoms with Crippen LogP contribution in [-0.2, 0) is 4.79 Å². The molecule has 0 aliphatic heterocycles. The largest absolute Gasteiger partial charge is 0.496 e. The highest BCUT2D eigenvalue weighted by Gasteiger charge is 2.18. The molecule has 6 rings (SSSR count). The highest BCUT2D eigenvalue weighted by molar-refractivity contribution is 6.30. The van der Waals surface area contributed by atoms with Crippen LogP contribution in [0.4, 0.5) is 5.69 Å². The minimum atomic E-state index is -0.375. The van der Waals surface area contributed by atoms with Crippen LogP contribution in [0, 0.1) is 0 Å². The van der Waals surface area contributed by atoms with Gasteiger partial charge in [0.15, 0.2) is 12.4 Å². The quantitative estimate of drug-likeness (QED) is 0.210. The van der Waals surface area contributed by atoms with Crippen molar-refractivity contribution >= 4 is 51.3 Å². The Balaban J connectivity index is 1.34. The Kier molecular flexibility index (Phi) is 7.40. The first-order chi connectivity index (χ1) is 20.5. The van der Waals surface area contributed by atoms with Gasteiger partial charge in [0.25, 0.3) is 11.5 Å². The van der Waals surface area contributed by atoms with Crippen molar-refractivity contribution in [2.75, 3.05) is 19.0 Å². The molecule has 2 heterocycles. The molecule has 1 N–H and O–H groups in total. The van der Waals surface area contributed by atoms with Gasteiger partial charge in [-0.15, -0.1) is 0 Å². The lowest BCUT2D eigenvalue weighted by molar-refractivity contribution is -0.118. The molecule has 0 aliphatic carbocycles. The molecule has 42 heavy (non-hydrogen) atoms. The monoisotopic (exact) mass is 578 g/mol. The zero-order valence-corrected chi connectivity index (χ0v) is 23.0. The molecular formula is C32H23ClN4O5. The van der Waals surface area contributed by atoms with Crippen molar-refractivity contribution in [3.63, 3.8) is 0 Å². The van der Waals surface area contributed by atoms with E-state index < -0.39 is 0 Å². The number of benzene rings is 4. The fourth-order valence-electron chi connectivity index (χ4n) is 4.42. The lowest BCUT2D eigenvalue weighted by Crippen LogP contribution is -2.21. The number of carbonyl (C=O) groups excluding carboxylic acids is 1. The number of rotatable bonds is 8. The fourth-order valence-corrected chi connectivity index (χ4v) is 4.55. The fraction of sp³-hybridized carbons (Fsp3) is 0.0625. The van der Waals surface area contributed by atoms with E-state index in [0.717, 1.165) is 5.39 Å². The van der Waals surface area contributed by atoms with Gasteiger partial charge in [-0.05, 0) is 66.7 Å². The van der Waals surface area contributed by atoms with E-state index >= 15 is 0 Å². The number of carbonyl (C=O) groups is 1. The van der Waals surface area contributed by atoms with Crippen LogP contribution >= 0.6 is 11.6 Å². The zero-order valence-electron chi connectivity index (χ0n) is 22.3. The molecule has 2 aromatic heterocycles. The Bertz CT molecular complexity index is 2010. The molecule has 0 atom stereocenters. The number of hydrogen-bond donors (Lipinski definition) is 1. The van der Waals surface area contributed by atoms with Gasteiger partial charge in [-0.1, -0.05) is 41.9 Å². The number of methoxy groups -OCH3 is 1. The molecule has 1 amide bonds. The highest BCUT2D eigenvalue weighted by atomic mass is 35.5. The molecule has 9 nitrogen and oxygen atoms in total. The van der Waals surface area contributed by atoms with Crippen LogP contribution in [0.5, 0.6) is 11.5 Å². The van der Waals surface area contributed by atoms with Crippen molar-refractivity contribution in [2.45, 2.75) is 0 Å². The van der Waals surface area contributed by atoms with Crippen molar-refractivity contribution in [2.24, 2.45) is 5.10 Å². The van der Waals surface area contributed by atoms with Crippen LogP contribution in [-0.4, -0.2) is 35.5 Å². The summed E-state index contributed by atoms with van der Waals surface area (Å²) in [6.07, 6.45) is 1.48. The Morgan fingerprint density at radius 1 is 0.976 bits per heavy atom. The van der Waals surface area contributed by atoms with Crippen LogP contribution in [0.15, 0.2) is 111 Å². The topological polar surface area (TPSA) is 108 Å². The number of nitrogens with one attached hydrogen (secondary N) is 1. The summed E-state index contributed by atoms with van der Waals surface area (Å²) in [7, 11) is 1.58. The Morgan fingerprint density at radius 2 is 1.74 bits per heavy atom. The number of halogens is 1. The first kappa shape index (κ1) is 26.8. The van der Waals surface area contributed by atoms with Crippen LogP contribution in [0.25, 0.3) is 33.5 Å². The van der Waals surface area contributed by atoms with Gasteiger partial charge in [0.1, 0.15) is 17.1 Å². The summed E-state index contributed by atoms with van der Waals surface area (Å²) in [5.74, 6) is 1.25. The number of anilines is 1. The first-order valence-corrected chi connectivity index (χ1v) is 13.3. The summed E-state index contributed by atoms with van der Waals surface area (Å²) < 4.78 is 18.5. The van der Waals surface area contributed by atoms with E-state index in [0.29, 0.717) is 50.0 Å². The van der Waals surface area contributed by atoms with E-state index in [1.807, 2.05) is 24.3 Å². The molecule has 10 heteroatoms. The minimum absolute atomic E-state index is 0.217. The molecule has 0 unspecified atom stereocenters. The van der Waals surface area contributed by atoms with Gasteiger partial charge in [0.05, 0.1) is 29.6 Å². The molecule has 0 saturated carbocycles. The summed E-state index contributed by atoms with van der Waals surface area (Å²) in [6.45, 7) is -0.239. The van der Waals surface area contributed by atoms with E-state index in [1.54, 1.807) is 79.9 Å². The number of amides is 1. The standard InChI is InChI=1S/C32H23ClN4O5/c1-40-27-11-6-12-28-24(27)17-29(42-28)31-36-25-9-4-3-8-23(25)32(39)37(31)34-18-20-7-2-5-10-26(20)41-19-30(38)35-22-15-13-21(33)14-16-22/h2-18H,19H2,1H3,(H,35,38). The van der Waals surface area contributed by atoms with Crippen LogP contribution in [0.3, 0.4) is 0 Å². The third-order valence-corrected chi connectivity index (χ3v) is 6.69. The average Bonchev–Trinajstić information content (AvgIpc) is 3.46. The van der Waals surface area contributed by atoms with Gasteiger partial charge < -0.3 is 19.2 Å². The molecule has 0 saturated heterocycles. The number of fused-ring (bicyclic) bond motifs is 2. The summed E-state index contributed by atoms with van der Waals surface area (Å²) >= 11 is 5.91. The second-order valence-corrected chi connectivity index (χ2v) is 9.61. The Morgan fingerprint density at radius 3 is 2.57 bits per heavy atom. The number of aromatic nitrogens is 2. The first-order valence-electron chi connectivity index (χ1n) is 12.9. The van der Waals surface area contributed by atoms with Crippen molar-refractivity contribution in [3.8, 4) is 23.1 Å². The summed E-state index contributed by atoms with van der Waals surface area (Å²) in [5, 5.41) is 8.98. The van der Waals surface area contributed by atoms with Crippen LogP contribution < -0.4 is 20.3 Å². The smallest absolute Gasteiger partial charge is 0.282 e. The maximum Gasteiger partial charge on any atom is 0.282 e. The number of para-hydroxylation sites is 2. The summed E-state index contributed by atoms with van der Waals surface area (Å²) in [4.78, 5) is 30.8. The van der Waals surface area contributed by atoms with E-state index in [4.69, 9.17) is 30.5 Å². The highest BCUT2D eigenvalue weighted by Crippen LogP contribution is 2.33. The second kappa shape index (κ2) is 11.6. The number of ether oxygens (including phenoxy) is 2. The molecule has 0 aliphatic rings. The molecule has 4 aromatic carbocycles. The Hall–Kier alpha value is -5.41. The van der Waals surface area contributed by atoms with Gasteiger partial charge in [0.2, 0.25) is 5.82 Å². The third-order valence-electron chi connectivity index (χ3n) is 6.43. The van der Waals surface area contributed by atoms with E-state index in [2.05, 4.69) is 10.4 Å². The molecule has 0 fully saturated rings. The lowest BCUT2D eigenvalue weighted by Gasteiger charge is -2.10. The van der Waals surface area contributed by atoms with Gasteiger partial charge in [-0.25, -0.2) is 4.98 Å². The van der Waals surface area contributed by atoms with E-state index in [1.165, 1.54) is 10.9 Å².